The zero-order valence-corrected chi connectivity index (χ0v) is 16.0. The number of methoxy groups -OCH3 is 1. The Kier molecular flexibility index (Phi) is 5.93. The summed E-state index contributed by atoms with van der Waals surface area (Å²) >= 11 is 7.58. The number of thiazole rings is 1. The van der Waals surface area contributed by atoms with E-state index in [1.807, 2.05) is 6.92 Å². The molecular formula is C18H22ClN3O2S. The van der Waals surface area contributed by atoms with Crippen LogP contribution in [-0.4, -0.2) is 36.0 Å². The Bertz CT molecular complexity index is 757. The monoisotopic (exact) mass is 379 g/mol. The van der Waals surface area contributed by atoms with Gasteiger partial charge in [-0.1, -0.05) is 18.0 Å². The van der Waals surface area contributed by atoms with Crippen molar-refractivity contribution in [3.63, 3.8) is 0 Å². The third kappa shape index (κ3) is 4.51. The average molecular weight is 380 g/mol. The topological polar surface area (TPSA) is 54.5 Å². The SMILES string of the molecule is COc1ccc(NC(=O)c2sc(CN3CCCCC3)nc2C)cc1Cl. The Morgan fingerprint density at radius 2 is 2.12 bits per heavy atom. The summed E-state index contributed by atoms with van der Waals surface area (Å²) in [6.07, 6.45) is 3.80. The highest BCUT2D eigenvalue weighted by Gasteiger charge is 2.18. The third-order valence-corrected chi connectivity index (χ3v) is 5.70. The maximum Gasteiger partial charge on any atom is 0.267 e. The van der Waals surface area contributed by atoms with Gasteiger partial charge in [0.25, 0.3) is 5.91 Å². The Labute approximate surface area is 157 Å². The molecule has 1 amide bonds. The smallest absolute Gasteiger partial charge is 0.267 e. The molecular weight excluding hydrogens is 358 g/mol. The molecule has 1 N–H and O–H groups in total. The van der Waals surface area contributed by atoms with Crippen molar-refractivity contribution >= 4 is 34.5 Å². The van der Waals surface area contributed by atoms with Crippen molar-refractivity contribution in [2.24, 2.45) is 0 Å². The Hall–Kier alpha value is -1.63. The quantitative estimate of drug-likeness (QED) is 0.838. The number of amides is 1. The highest BCUT2D eigenvalue weighted by atomic mass is 35.5. The summed E-state index contributed by atoms with van der Waals surface area (Å²) in [5, 5.41) is 4.35. The second-order valence-corrected chi connectivity index (χ2v) is 7.65. The van der Waals surface area contributed by atoms with E-state index in [1.165, 1.54) is 30.6 Å². The lowest BCUT2D eigenvalue weighted by atomic mass is 10.1. The summed E-state index contributed by atoms with van der Waals surface area (Å²) in [4.78, 5) is 20.2. The first-order valence-electron chi connectivity index (χ1n) is 8.40. The molecule has 5 nitrogen and oxygen atoms in total. The van der Waals surface area contributed by atoms with Crippen molar-refractivity contribution in [2.75, 3.05) is 25.5 Å². The van der Waals surface area contributed by atoms with Gasteiger partial charge in [0.1, 0.15) is 15.6 Å². The molecule has 1 aliphatic heterocycles. The normalized spacial score (nSPS) is 15.2. The van der Waals surface area contributed by atoms with E-state index in [9.17, 15) is 4.79 Å². The zero-order valence-electron chi connectivity index (χ0n) is 14.5. The Morgan fingerprint density at radius 1 is 1.36 bits per heavy atom. The second-order valence-electron chi connectivity index (χ2n) is 6.16. The number of halogens is 1. The fraction of sp³-hybridized carbons (Fsp3) is 0.444. The molecule has 0 bridgehead atoms. The number of piperidine rings is 1. The van der Waals surface area contributed by atoms with Gasteiger partial charge >= 0.3 is 0 Å². The Balaban J connectivity index is 1.68. The number of aromatic nitrogens is 1. The van der Waals surface area contributed by atoms with Crippen LogP contribution in [0.2, 0.25) is 5.02 Å². The van der Waals surface area contributed by atoms with E-state index in [2.05, 4.69) is 15.2 Å². The van der Waals surface area contributed by atoms with Crippen LogP contribution < -0.4 is 10.1 Å². The Morgan fingerprint density at radius 3 is 2.80 bits per heavy atom. The molecule has 2 heterocycles. The predicted molar refractivity (Wildman–Crippen MR) is 102 cm³/mol. The summed E-state index contributed by atoms with van der Waals surface area (Å²) in [6, 6.07) is 5.19. The summed E-state index contributed by atoms with van der Waals surface area (Å²) in [6.45, 7) is 4.94. The molecule has 1 aliphatic rings. The highest BCUT2D eigenvalue weighted by molar-refractivity contribution is 7.13. The number of ether oxygens (including phenoxy) is 1. The first-order chi connectivity index (χ1) is 12.1. The molecule has 1 aromatic heterocycles. The number of carbonyl (C=O) groups is 1. The molecule has 0 atom stereocenters. The molecule has 0 saturated carbocycles. The lowest BCUT2D eigenvalue weighted by Gasteiger charge is -2.25. The van der Waals surface area contributed by atoms with Gasteiger partial charge < -0.3 is 10.1 Å². The van der Waals surface area contributed by atoms with E-state index in [0.29, 0.717) is 21.3 Å². The number of hydrogen-bond acceptors (Lipinski definition) is 5. The number of aryl methyl sites for hydroxylation is 1. The minimum Gasteiger partial charge on any atom is -0.495 e. The largest absolute Gasteiger partial charge is 0.495 e. The number of benzene rings is 1. The molecule has 1 saturated heterocycles. The van der Waals surface area contributed by atoms with E-state index >= 15 is 0 Å². The number of likely N-dealkylation sites (tertiary alicyclic amines) is 1. The van der Waals surface area contributed by atoms with Crippen molar-refractivity contribution in [3.8, 4) is 5.75 Å². The van der Waals surface area contributed by atoms with Crippen molar-refractivity contribution < 1.29 is 9.53 Å². The summed E-state index contributed by atoms with van der Waals surface area (Å²) < 4.78 is 5.13. The van der Waals surface area contributed by atoms with Crippen LogP contribution >= 0.6 is 22.9 Å². The van der Waals surface area contributed by atoms with E-state index in [-0.39, 0.29) is 5.91 Å². The standard InChI is InChI=1S/C18H22ClN3O2S/c1-12-17(25-16(20-12)11-22-8-4-3-5-9-22)18(23)21-13-6-7-15(24-2)14(19)10-13/h6-7,10H,3-5,8-9,11H2,1-2H3,(H,21,23). The van der Waals surface area contributed by atoms with Crippen molar-refractivity contribution in [2.45, 2.75) is 32.7 Å². The summed E-state index contributed by atoms with van der Waals surface area (Å²) in [5.74, 6) is 0.429. The summed E-state index contributed by atoms with van der Waals surface area (Å²) in [7, 11) is 1.56. The van der Waals surface area contributed by atoms with Crippen LogP contribution in [0, 0.1) is 6.92 Å². The van der Waals surface area contributed by atoms with E-state index in [0.717, 1.165) is 30.3 Å². The van der Waals surface area contributed by atoms with Crippen LogP contribution in [0.25, 0.3) is 0 Å². The number of carbonyl (C=O) groups excluding carboxylic acids is 1. The molecule has 0 spiro atoms. The van der Waals surface area contributed by atoms with Crippen LogP contribution in [0.5, 0.6) is 5.75 Å². The number of anilines is 1. The molecule has 0 unspecified atom stereocenters. The van der Waals surface area contributed by atoms with Gasteiger partial charge in [0, 0.05) is 5.69 Å². The lowest BCUT2D eigenvalue weighted by molar-refractivity contribution is 0.103. The number of nitrogens with zero attached hydrogens (tertiary/aromatic N) is 2. The van der Waals surface area contributed by atoms with Crippen molar-refractivity contribution in [1.29, 1.82) is 0 Å². The molecule has 1 aromatic carbocycles. The molecule has 1 fully saturated rings. The van der Waals surface area contributed by atoms with Gasteiger partial charge in [-0.15, -0.1) is 11.3 Å². The van der Waals surface area contributed by atoms with Crippen molar-refractivity contribution in [1.82, 2.24) is 9.88 Å². The first kappa shape index (κ1) is 18.2. The predicted octanol–water partition coefficient (Wildman–Crippen LogP) is 4.35. The maximum absolute atomic E-state index is 12.6. The van der Waals surface area contributed by atoms with Crippen LogP contribution in [0.4, 0.5) is 5.69 Å². The summed E-state index contributed by atoms with van der Waals surface area (Å²) in [5.41, 5.74) is 1.41. The molecule has 25 heavy (non-hydrogen) atoms. The minimum atomic E-state index is -0.152. The van der Waals surface area contributed by atoms with Gasteiger partial charge in [0.2, 0.25) is 0 Å². The molecule has 2 aromatic rings. The lowest BCUT2D eigenvalue weighted by Crippen LogP contribution is -2.28. The van der Waals surface area contributed by atoms with Gasteiger partial charge in [-0.3, -0.25) is 9.69 Å². The van der Waals surface area contributed by atoms with Gasteiger partial charge in [0.15, 0.2) is 0 Å². The molecule has 134 valence electrons. The fourth-order valence-corrected chi connectivity index (χ4v) is 4.23. The molecule has 3 rings (SSSR count). The minimum absolute atomic E-state index is 0.152. The average Bonchev–Trinajstić information content (AvgIpc) is 2.96. The second kappa shape index (κ2) is 8.17. The van der Waals surface area contributed by atoms with Gasteiger partial charge in [-0.25, -0.2) is 4.98 Å². The number of nitrogens with one attached hydrogen (secondary N) is 1. The van der Waals surface area contributed by atoms with Crippen LogP contribution in [0.3, 0.4) is 0 Å². The van der Waals surface area contributed by atoms with Crippen LogP contribution in [0.15, 0.2) is 18.2 Å². The van der Waals surface area contributed by atoms with E-state index in [1.54, 1.807) is 25.3 Å². The maximum atomic E-state index is 12.6. The molecule has 0 aliphatic carbocycles. The number of rotatable bonds is 5. The highest BCUT2D eigenvalue weighted by Crippen LogP contribution is 2.28. The number of hydrogen-bond donors (Lipinski definition) is 1. The first-order valence-corrected chi connectivity index (χ1v) is 9.60. The fourth-order valence-electron chi connectivity index (χ4n) is 2.97. The van der Waals surface area contributed by atoms with Gasteiger partial charge in [-0.05, 0) is 51.1 Å². The van der Waals surface area contributed by atoms with E-state index < -0.39 is 0 Å². The van der Waals surface area contributed by atoms with Crippen molar-refractivity contribution in [3.05, 3.63) is 38.8 Å². The molecule has 0 radical (unpaired) electrons. The third-order valence-electron chi connectivity index (χ3n) is 4.26. The molecule has 7 heteroatoms. The van der Waals surface area contributed by atoms with Gasteiger partial charge in [0.05, 0.1) is 24.4 Å². The van der Waals surface area contributed by atoms with Crippen LogP contribution in [0.1, 0.15) is 39.6 Å². The zero-order chi connectivity index (χ0) is 17.8. The van der Waals surface area contributed by atoms with Crippen LogP contribution in [-0.2, 0) is 6.54 Å². The van der Waals surface area contributed by atoms with Gasteiger partial charge in [-0.2, -0.15) is 0 Å². The van der Waals surface area contributed by atoms with E-state index in [4.69, 9.17) is 16.3 Å².